The van der Waals surface area contributed by atoms with E-state index in [0.717, 1.165) is 5.56 Å². The van der Waals surface area contributed by atoms with Crippen LogP contribution < -0.4 is 14.8 Å². The normalized spacial score (nSPS) is 16.8. The van der Waals surface area contributed by atoms with Gasteiger partial charge in [0.25, 0.3) is 0 Å². The van der Waals surface area contributed by atoms with E-state index in [0.29, 0.717) is 28.0 Å². The second-order valence-electron chi connectivity index (χ2n) is 7.70. The van der Waals surface area contributed by atoms with Crippen LogP contribution in [0, 0.1) is 5.82 Å². The third kappa shape index (κ3) is 5.99. The van der Waals surface area contributed by atoms with Gasteiger partial charge in [0.15, 0.2) is 5.17 Å². The zero-order chi connectivity index (χ0) is 24.8. The van der Waals surface area contributed by atoms with E-state index >= 15 is 0 Å². The second-order valence-corrected chi connectivity index (χ2v) is 8.87. The highest BCUT2D eigenvalue weighted by Crippen LogP contribution is 2.32. The van der Waals surface area contributed by atoms with Crippen molar-refractivity contribution in [2.45, 2.75) is 18.2 Å². The summed E-state index contributed by atoms with van der Waals surface area (Å²) in [5, 5.41) is 2.55. The van der Waals surface area contributed by atoms with Gasteiger partial charge in [-0.2, -0.15) is 0 Å². The first kappa shape index (κ1) is 24.3. The van der Waals surface area contributed by atoms with E-state index in [2.05, 4.69) is 10.3 Å². The molecule has 2 amide bonds. The van der Waals surface area contributed by atoms with Crippen LogP contribution in [0.1, 0.15) is 12.0 Å². The number of nitrogens with zero attached hydrogens (tertiary/aromatic N) is 2. The van der Waals surface area contributed by atoms with E-state index in [-0.39, 0.29) is 30.6 Å². The molecule has 7 nitrogen and oxygen atoms in total. The Morgan fingerprint density at radius 1 is 1.06 bits per heavy atom. The third-order valence-electron chi connectivity index (χ3n) is 5.35. The predicted octanol–water partition coefficient (Wildman–Crippen LogP) is 5.00. The maximum absolute atomic E-state index is 13.4. The number of nitrogens with one attached hydrogen (secondary N) is 1. The Morgan fingerprint density at radius 2 is 1.77 bits per heavy atom. The minimum atomic E-state index is -0.686. The van der Waals surface area contributed by atoms with Gasteiger partial charge in [0.05, 0.1) is 32.1 Å². The van der Waals surface area contributed by atoms with Crippen LogP contribution in [0.4, 0.5) is 15.8 Å². The van der Waals surface area contributed by atoms with Crippen LogP contribution in [0.25, 0.3) is 0 Å². The number of benzene rings is 3. The summed E-state index contributed by atoms with van der Waals surface area (Å²) in [5.41, 5.74) is 1.88. The van der Waals surface area contributed by atoms with Crippen LogP contribution in [-0.4, -0.2) is 41.4 Å². The van der Waals surface area contributed by atoms with Crippen LogP contribution in [0.15, 0.2) is 77.8 Å². The lowest BCUT2D eigenvalue weighted by Crippen LogP contribution is -2.44. The number of carbonyl (C=O) groups is 2. The molecule has 180 valence electrons. The smallest absolute Gasteiger partial charge is 0.238 e. The van der Waals surface area contributed by atoms with Gasteiger partial charge in [0, 0.05) is 6.42 Å². The Kier molecular flexibility index (Phi) is 7.67. The number of hydrogen-bond donors (Lipinski definition) is 1. The topological polar surface area (TPSA) is 80.2 Å². The van der Waals surface area contributed by atoms with Gasteiger partial charge in [0.1, 0.15) is 22.6 Å². The Balaban J connectivity index is 1.60. The summed E-state index contributed by atoms with van der Waals surface area (Å²) in [6.45, 7) is 0.210. The molecule has 0 spiro atoms. The van der Waals surface area contributed by atoms with Crippen molar-refractivity contribution < 1.29 is 23.5 Å². The summed E-state index contributed by atoms with van der Waals surface area (Å²) in [6, 6.07) is 20.1. The number of anilines is 1. The number of rotatable bonds is 7. The first-order valence-electron chi connectivity index (χ1n) is 10.8. The molecular formula is C26H24FN3O4S. The first-order valence-corrected chi connectivity index (χ1v) is 11.7. The Labute approximate surface area is 207 Å². The fraction of sp³-hybridized carbons (Fsp3) is 0.192. The number of amides is 2. The van der Waals surface area contributed by atoms with Crippen LogP contribution in [0.3, 0.4) is 0 Å². The number of methoxy groups -OCH3 is 2. The molecular weight excluding hydrogens is 469 g/mol. The number of thioether (sulfide) groups is 1. The van der Waals surface area contributed by atoms with E-state index in [9.17, 15) is 14.0 Å². The zero-order valence-electron chi connectivity index (χ0n) is 19.2. The lowest BCUT2D eigenvalue weighted by molar-refractivity contribution is -0.129. The van der Waals surface area contributed by atoms with Gasteiger partial charge in [-0.25, -0.2) is 9.38 Å². The van der Waals surface area contributed by atoms with Crippen molar-refractivity contribution >= 4 is 40.1 Å². The van der Waals surface area contributed by atoms with Gasteiger partial charge >= 0.3 is 0 Å². The molecule has 0 unspecified atom stereocenters. The van der Waals surface area contributed by atoms with E-state index in [1.165, 1.54) is 35.9 Å². The van der Waals surface area contributed by atoms with E-state index < -0.39 is 5.25 Å². The summed E-state index contributed by atoms with van der Waals surface area (Å²) in [7, 11) is 3.10. The number of aliphatic imine (C=N–C) groups is 1. The molecule has 1 aliphatic heterocycles. The molecule has 9 heteroatoms. The second kappa shape index (κ2) is 11.1. The molecule has 0 radical (unpaired) electrons. The molecule has 1 N–H and O–H groups in total. The molecule has 1 atom stereocenters. The van der Waals surface area contributed by atoms with Gasteiger partial charge in [-0.15, -0.1) is 0 Å². The van der Waals surface area contributed by atoms with E-state index in [1.807, 2.05) is 0 Å². The summed E-state index contributed by atoms with van der Waals surface area (Å²) >= 11 is 1.21. The van der Waals surface area contributed by atoms with Crippen molar-refractivity contribution in [3.63, 3.8) is 0 Å². The lowest BCUT2D eigenvalue weighted by atomic mass is 10.2. The number of hydrogen-bond acceptors (Lipinski definition) is 6. The molecule has 0 aromatic heterocycles. The van der Waals surface area contributed by atoms with Crippen LogP contribution in [0.5, 0.6) is 11.5 Å². The molecule has 1 fully saturated rings. The minimum Gasteiger partial charge on any atom is -0.497 e. The Morgan fingerprint density at radius 3 is 2.46 bits per heavy atom. The maximum Gasteiger partial charge on any atom is 0.238 e. The molecule has 1 aliphatic rings. The van der Waals surface area contributed by atoms with Crippen molar-refractivity contribution in [1.29, 1.82) is 0 Å². The fourth-order valence-corrected chi connectivity index (χ4v) is 4.60. The minimum absolute atomic E-state index is 0.00548. The molecule has 35 heavy (non-hydrogen) atoms. The lowest BCUT2D eigenvalue weighted by Gasteiger charge is -2.32. The van der Waals surface area contributed by atoms with Crippen molar-refractivity contribution in [3.05, 3.63) is 84.2 Å². The highest BCUT2D eigenvalue weighted by atomic mass is 32.2. The molecule has 3 aromatic rings. The quantitative estimate of drug-likeness (QED) is 0.501. The monoisotopic (exact) mass is 493 g/mol. The van der Waals surface area contributed by atoms with Crippen LogP contribution in [-0.2, 0) is 16.1 Å². The summed E-state index contributed by atoms with van der Waals surface area (Å²) in [4.78, 5) is 32.5. The fourth-order valence-electron chi connectivity index (χ4n) is 3.50. The number of carbonyl (C=O) groups excluding carboxylic acids is 2. The number of ether oxygens (including phenoxy) is 2. The van der Waals surface area contributed by atoms with Crippen LogP contribution in [0.2, 0.25) is 0 Å². The average molecular weight is 494 g/mol. The standard InChI is InChI=1S/C26H24FN3O4S/c1-33-20-13-11-19(12-14-20)28-26-30(16-17-7-9-18(27)10-8-17)24(31)15-23(35-26)25(32)29-21-5-3-4-6-22(21)34-2/h3-14,23H,15-16H2,1-2H3,(H,29,32)/t23-/m0/s1. The van der Waals surface area contributed by atoms with E-state index in [4.69, 9.17) is 9.47 Å². The molecule has 0 bridgehead atoms. The maximum atomic E-state index is 13.4. The molecule has 1 heterocycles. The van der Waals surface area contributed by atoms with Crippen LogP contribution >= 0.6 is 11.8 Å². The summed E-state index contributed by atoms with van der Waals surface area (Å²) in [5.74, 6) is 0.280. The summed E-state index contributed by atoms with van der Waals surface area (Å²) in [6.07, 6.45) is -0.00548. The van der Waals surface area contributed by atoms with Gasteiger partial charge in [-0.05, 0) is 54.1 Å². The highest BCUT2D eigenvalue weighted by Gasteiger charge is 2.36. The number of halogens is 1. The average Bonchev–Trinajstić information content (AvgIpc) is 2.87. The Hall–Kier alpha value is -3.85. The molecule has 3 aromatic carbocycles. The molecule has 0 saturated carbocycles. The van der Waals surface area contributed by atoms with E-state index in [1.54, 1.807) is 67.8 Å². The summed E-state index contributed by atoms with van der Waals surface area (Å²) < 4.78 is 23.9. The largest absolute Gasteiger partial charge is 0.497 e. The molecule has 1 saturated heterocycles. The number of para-hydroxylation sites is 2. The zero-order valence-corrected chi connectivity index (χ0v) is 20.0. The van der Waals surface area contributed by atoms with Gasteiger partial charge < -0.3 is 14.8 Å². The van der Waals surface area contributed by atoms with Gasteiger partial charge in [0.2, 0.25) is 11.8 Å². The molecule has 0 aliphatic carbocycles. The first-order chi connectivity index (χ1) is 17.0. The van der Waals surface area contributed by atoms with Gasteiger partial charge in [-0.1, -0.05) is 36.0 Å². The predicted molar refractivity (Wildman–Crippen MR) is 135 cm³/mol. The Bertz CT molecular complexity index is 1230. The third-order valence-corrected chi connectivity index (χ3v) is 6.54. The highest BCUT2D eigenvalue weighted by molar-refractivity contribution is 8.15. The van der Waals surface area contributed by atoms with Gasteiger partial charge in [-0.3, -0.25) is 14.5 Å². The number of amidine groups is 1. The van der Waals surface area contributed by atoms with Crippen molar-refractivity contribution in [1.82, 2.24) is 4.90 Å². The SMILES string of the molecule is COc1ccc(N=C2S[C@H](C(=O)Nc3ccccc3OC)CC(=O)N2Cc2ccc(F)cc2)cc1. The van der Waals surface area contributed by atoms with Crippen molar-refractivity contribution in [2.75, 3.05) is 19.5 Å². The molecule has 4 rings (SSSR count). The van der Waals surface area contributed by atoms with Crippen molar-refractivity contribution in [2.24, 2.45) is 4.99 Å². The van der Waals surface area contributed by atoms with Crippen molar-refractivity contribution in [3.8, 4) is 11.5 Å².